The van der Waals surface area contributed by atoms with Crippen molar-refractivity contribution in [3.05, 3.63) is 18.4 Å². The first-order chi connectivity index (χ1) is 6.84. The molecule has 1 aromatic rings. The summed E-state index contributed by atoms with van der Waals surface area (Å²) in [6, 6.07) is 0.523. The Balaban J connectivity index is 1.71. The molecule has 14 heavy (non-hydrogen) atoms. The molecule has 1 aliphatic rings. The van der Waals surface area contributed by atoms with E-state index in [9.17, 15) is 5.11 Å². The fourth-order valence-corrected chi connectivity index (χ4v) is 1.85. The van der Waals surface area contributed by atoms with Crippen molar-refractivity contribution >= 4 is 0 Å². The third-order valence-corrected chi connectivity index (χ3v) is 2.75. The summed E-state index contributed by atoms with van der Waals surface area (Å²) in [7, 11) is 0. The standard InChI is InChI=1S/C10H16N2O2/c13-10-3-1-8(2-4-10)11-5-9-6-14-7-12-9/h6-8,10-11,13H,1-5H2. The minimum atomic E-state index is -0.0832. The Bertz CT molecular complexity index is 253. The maximum absolute atomic E-state index is 9.32. The summed E-state index contributed by atoms with van der Waals surface area (Å²) in [6.07, 6.45) is 6.96. The fourth-order valence-electron chi connectivity index (χ4n) is 1.85. The minimum absolute atomic E-state index is 0.0832. The predicted molar refractivity (Wildman–Crippen MR) is 51.6 cm³/mol. The van der Waals surface area contributed by atoms with Crippen LogP contribution in [0.2, 0.25) is 0 Å². The lowest BCUT2D eigenvalue weighted by Crippen LogP contribution is -2.34. The fraction of sp³-hybridized carbons (Fsp3) is 0.700. The van der Waals surface area contributed by atoms with E-state index in [-0.39, 0.29) is 6.10 Å². The van der Waals surface area contributed by atoms with Crippen molar-refractivity contribution in [1.29, 1.82) is 0 Å². The molecule has 4 nitrogen and oxygen atoms in total. The van der Waals surface area contributed by atoms with Crippen molar-refractivity contribution < 1.29 is 9.52 Å². The van der Waals surface area contributed by atoms with E-state index < -0.39 is 0 Å². The largest absolute Gasteiger partial charge is 0.451 e. The molecule has 1 saturated carbocycles. The van der Waals surface area contributed by atoms with E-state index in [2.05, 4.69) is 10.3 Å². The molecule has 0 amide bonds. The zero-order chi connectivity index (χ0) is 9.80. The number of nitrogens with zero attached hydrogens (tertiary/aromatic N) is 1. The van der Waals surface area contributed by atoms with Crippen molar-refractivity contribution in [3.8, 4) is 0 Å². The molecule has 1 fully saturated rings. The average Bonchev–Trinajstić information content (AvgIpc) is 2.70. The molecule has 0 radical (unpaired) electrons. The van der Waals surface area contributed by atoms with Crippen LogP contribution in [0.3, 0.4) is 0 Å². The van der Waals surface area contributed by atoms with Gasteiger partial charge in [0.15, 0.2) is 6.39 Å². The maximum atomic E-state index is 9.32. The van der Waals surface area contributed by atoms with Gasteiger partial charge in [-0.2, -0.15) is 0 Å². The van der Waals surface area contributed by atoms with Crippen molar-refractivity contribution in [2.75, 3.05) is 0 Å². The number of aliphatic hydroxyl groups excluding tert-OH is 1. The number of hydrogen-bond donors (Lipinski definition) is 2. The van der Waals surface area contributed by atoms with Gasteiger partial charge in [-0.1, -0.05) is 0 Å². The molecule has 0 aromatic carbocycles. The molecule has 0 atom stereocenters. The first-order valence-corrected chi connectivity index (χ1v) is 5.13. The zero-order valence-corrected chi connectivity index (χ0v) is 8.15. The lowest BCUT2D eigenvalue weighted by atomic mass is 9.93. The number of nitrogens with one attached hydrogen (secondary N) is 1. The lowest BCUT2D eigenvalue weighted by Gasteiger charge is -2.25. The SMILES string of the molecule is OC1CCC(NCc2cocn2)CC1. The van der Waals surface area contributed by atoms with E-state index in [1.165, 1.54) is 6.39 Å². The van der Waals surface area contributed by atoms with E-state index in [0.29, 0.717) is 6.04 Å². The van der Waals surface area contributed by atoms with Crippen LogP contribution in [-0.4, -0.2) is 22.2 Å². The summed E-state index contributed by atoms with van der Waals surface area (Å²) in [5.41, 5.74) is 0.941. The third kappa shape index (κ3) is 2.56. The molecule has 2 N–H and O–H groups in total. The summed E-state index contributed by atoms with van der Waals surface area (Å²) in [4.78, 5) is 4.04. The van der Waals surface area contributed by atoms with Crippen molar-refractivity contribution in [2.45, 2.75) is 44.4 Å². The van der Waals surface area contributed by atoms with Gasteiger partial charge in [0.25, 0.3) is 0 Å². The maximum Gasteiger partial charge on any atom is 0.180 e. The van der Waals surface area contributed by atoms with Gasteiger partial charge in [0.1, 0.15) is 6.26 Å². The summed E-state index contributed by atoms with van der Waals surface area (Å²) < 4.78 is 4.88. The summed E-state index contributed by atoms with van der Waals surface area (Å²) in [5, 5.41) is 12.7. The quantitative estimate of drug-likeness (QED) is 0.759. The Morgan fingerprint density at radius 2 is 2.21 bits per heavy atom. The highest BCUT2D eigenvalue weighted by atomic mass is 16.3. The van der Waals surface area contributed by atoms with Crippen molar-refractivity contribution in [2.24, 2.45) is 0 Å². The molecule has 1 heterocycles. The van der Waals surface area contributed by atoms with Crippen LogP contribution >= 0.6 is 0 Å². The van der Waals surface area contributed by atoms with Crippen LogP contribution in [0.4, 0.5) is 0 Å². The molecular weight excluding hydrogens is 180 g/mol. The lowest BCUT2D eigenvalue weighted by molar-refractivity contribution is 0.116. The predicted octanol–water partition coefficient (Wildman–Crippen LogP) is 1.07. The number of aliphatic hydroxyl groups is 1. The van der Waals surface area contributed by atoms with Crippen LogP contribution in [0.25, 0.3) is 0 Å². The monoisotopic (exact) mass is 196 g/mol. The Kier molecular flexibility index (Phi) is 3.16. The second kappa shape index (κ2) is 4.57. The Hall–Kier alpha value is -0.870. The van der Waals surface area contributed by atoms with Crippen molar-refractivity contribution in [1.82, 2.24) is 10.3 Å². The summed E-state index contributed by atoms with van der Waals surface area (Å²) in [5.74, 6) is 0. The molecule has 0 unspecified atom stereocenters. The van der Waals surface area contributed by atoms with Crippen LogP contribution in [0.5, 0.6) is 0 Å². The molecule has 2 rings (SSSR count). The van der Waals surface area contributed by atoms with E-state index in [1.54, 1.807) is 6.26 Å². The third-order valence-electron chi connectivity index (χ3n) is 2.75. The summed E-state index contributed by atoms with van der Waals surface area (Å²) >= 11 is 0. The number of oxazole rings is 1. The Morgan fingerprint density at radius 3 is 2.86 bits per heavy atom. The van der Waals surface area contributed by atoms with Gasteiger partial charge in [-0.25, -0.2) is 4.98 Å². The van der Waals surface area contributed by atoms with Gasteiger partial charge >= 0.3 is 0 Å². The second-order valence-corrected chi connectivity index (χ2v) is 3.87. The molecule has 1 aromatic heterocycles. The number of hydrogen-bond acceptors (Lipinski definition) is 4. The number of rotatable bonds is 3. The molecule has 0 spiro atoms. The van der Waals surface area contributed by atoms with E-state index >= 15 is 0 Å². The average molecular weight is 196 g/mol. The molecule has 0 saturated heterocycles. The van der Waals surface area contributed by atoms with Gasteiger partial charge in [0.2, 0.25) is 0 Å². The van der Waals surface area contributed by atoms with Gasteiger partial charge in [-0.15, -0.1) is 0 Å². The topological polar surface area (TPSA) is 58.3 Å². The molecule has 1 aliphatic carbocycles. The van der Waals surface area contributed by atoms with Gasteiger partial charge in [0, 0.05) is 12.6 Å². The normalized spacial score (nSPS) is 27.8. The van der Waals surface area contributed by atoms with Crippen molar-refractivity contribution in [3.63, 3.8) is 0 Å². The van der Waals surface area contributed by atoms with Crippen LogP contribution in [-0.2, 0) is 6.54 Å². The van der Waals surface area contributed by atoms with Crippen LogP contribution in [0.1, 0.15) is 31.4 Å². The van der Waals surface area contributed by atoms with E-state index in [4.69, 9.17) is 4.42 Å². The van der Waals surface area contributed by atoms with Gasteiger partial charge in [0.05, 0.1) is 11.8 Å². The van der Waals surface area contributed by atoms with Crippen LogP contribution < -0.4 is 5.32 Å². The molecular formula is C10H16N2O2. The smallest absolute Gasteiger partial charge is 0.180 e. The summed E-state index contributed by atoms with van der Waals surface area (Å²) in [6.45, 7) is 0.761. The molecule has 0 bridgehead atoms. The first-order valence-electron chi connectivity index (χ1n) is 5.13. The highest BCUT2D eigenvalue weighted by molar-refractivity contribution is 4.91. The van der Waals surface area contributed by atoms with Crippen LogP contribution in [0.15, 0.2) is 17.1 Å². The molecule has 0 aliphatic heterocycles. The van der Waals surface area contributed by atoms with E-state index in [0.717, 1.165) is 37.9 Å². The van der Waals surface area contributed by atoms with Gasteiger partial charge in [-0.3, -0.25) is 0 Å². The molecule has 78 valence electrons. The zero-order valence-electron chi connectivity index (χ0n) is 8.15. The highest BCUT2D eigenvalue weighted by Crippen LogP contribution is 2.18. The Labute approximate surface area is 83.3 Å². The van der Waals surface area contributed by atoms with Gasteiger partial charge < -0.3 is 14.8 Å². The van der Waals surface area contributed by atoms with E-state index in [1.807, 2.05) is 0 Å². The molecule has 4 heteroatoms. The Morgan fingerprint density at radius 1 is 1.43 bits per heavy atom. The van der Waals surface area contributed by atoms with Crippen LogP contribution in [0, 0.1) is 0 Å². The minimum Gasteiger partial charge on any atom is -0.451 e. The second-order valence-electron chi connectivity index (χ2n) is 3.87. The first kappa shape index (κ1) is 9.68. The number of aromatic nitrogens is 1. The van der Waals surface area contributed by atoms with Gasteiger partial charge in [-0.05, 0) is 25.7 Å². The highest BCUT2D eigenvalue weighted by Gasteiger charge is 2.18.